The largest absolute Gasteiger partial charge is 0.466 e. The average Bonchev–Trinajstić information content (AvgIpc) is 3.17. The smallest absolute Gasteiger partial charge is 0.410 e. The van der Waals surface area contributed by atoms with Crippen molar-refractivity contribution in [3.05, 3.63) is 0 Å². The molecule has 1 aliphatic heterocycles. The molecule has 0 aromatic carbocycles. The van der Waals surface area contributed by atoms with Gasteiger partial charge in [0.1, 0.15) is 5.60 Å². The van der Waals surface area contributed by atoms with E-state index in [1.807, 2.05) is 27.7 Å². The van der Waals surface area contributed by atoms with Gasteiger partial charge in [0.05, 0.1) is 25.2 Å². The molecule has 0 aromatic heterocycles. The van der Waals surface area contributed by atoms with Crippen molar-refractivity contribution in [1.82, 2.24) is 4.90 Å². The molecule has 1 saturated carbocycles. The van der Waals surface area contributed by atoms with Crippen molar-refractivity contribution < 1.29 is 23.8 Å². The number of nitrogens with zero attached hydrogens (tertiary/aromatic N) is 1. The van der Waals surface area contributed by atoms with Gasteiger partial charge in [0.25, 0.3) is 0 Å². The number of piperidine rings is 1. The van der Waals surface area contributed by atoms with E-state index in [9.17, 15) is 9.59 Å². The summed E-state index contributed by atoms with van der Waals surface area (Å²) in [5, 5.41) is 0. The molecule has 2 atom stereocenters. The fourth-order valence-corrected chi connectivity index (χ4v) is 3.02. The Morgan fingerprint density at radius 2 is 1.83 bits per heavy atom. The van der Waals surface area contributed by atoms with E-state index < -0.39 is 5.60 Å². The lowest BCUT2D eigenvalue weighted by atomic mass is 10.1. The molecule has 0 bridgehead atoms. The predicted octanol–water partition coefficient (Wildman–Crippen LogP) is 2.99. The van der Waals surface area contributed by atoms with E-state index in [2.05, 4.69) is 6.92 Å². The predicted molar refractivity (Wildman–Crippen MR) is 89.6 cm³/mol. The van der Waals surface area contributed by atoms with E-state index in [1.54, 1.807) is 4.90 Å². The maximum absolute atomic E-state index is 12.0. The van der Waals surface area contributed by atoms with Gasteiger partial charge < -0.3 is 19.1 Å². The summed E-state index contributed by atoms with van der Waals surface area (Å²) < 4.78 is 16.5. The van der Waals surface area contributed by atoms with Crippen LogP contribution in [-0.2, 0) is 19.0 Å². The molecular weight excluding hydrogens is 310 g/mol. The van der Waals surface area contributed by atoms with Crippen LogP contribution in [0.15, 0.2) is 0 Å². The Balaban J connectivity index is 1.69. The van der Waals surface area contributed by atoms with Gasteiger partial charge in [-0.3, -0.25) is 4.79 Å². The molecule has 1 amide bonds. The Bertz CT molecular complexity index is 465. The third-order valence-electron chi connectivity index (χ3n) is 4.67. The molecule has 0 aromatic rings. The lowest BCUT2D eigenvalue weighted by Gasteiger charge is -2.33. The van der Waals surface area contributed by atoms with Gasteiger partial charge in [0.15, 0.2) is 0 Å². The van der Waals surface area contributed by atoms with Gasteiger partial charge in [-0.2, -0.15) is 0 Å². The van der Waals surface area contributed by atoms with Crippen LogP contribution >= 0.6 is 0 Å². The van der Waals surface area contributed by atoms with Crippen LogP contribution in [-0.4, -0.2) is 55.0 Å². The molecule has 1 heterocycles. The number of carbonyl (C=O) groups excluding carboxylic acids is 2. The summed E-state index contributed by atoms with van der Waals surface area (Å²) in [6, 6.07) is 0. The quantitative estimate of drug-likeness (QED) is 0.719. The number of rotatable bonds is 5. The Labute approximate surface area is 144 Å². The normalized spacial score (nSPS) is 27.7. The minimum atomic E-state index is -0.465. The first-order chi connectivity index (χ1) is 11.1. The standard InChI is InChI=1S/C18H31NO5/c1-6-22-15(20)14-11-18(14,5)12-23-13-7-9-19(10-8-13)16(21)24-17(2,3)4/h13-14H,6-12H2,1-5H3. The molecule has 138 valence electrons. The van der Waals surface area contributed by atoms with Gasteiger partial charge in [0.2, 0.25) is 0 Å². The molecule has 0 radical (unpaired) electrons. The van der Waals surface area contributed by atoms with Crippen molar-refractivity contribution in [2.75, 3.05) is 26.3 Å². The maximum atomic E-state index is 12.0. The minimum absolute atomic E-state index is 0.0284. The lowest BCUT2D eigenvalue weighted by Crippen LogP contribution is -2.43. The number of hydrogen-bond acceptors (Lipinski definition) is 5. The highest BCUT2D eigenvalue weighted by atomic mass is 16.6. The monoisotopic (exact) mass is 341 g/mol. The average molecular weight is 341 g/mol. The summed E-state index contributed by atoms with van der Waals surface area (Å²) in [5.74, 6) is -0.136. The SMILES string of the molecule is CCOC(=O)C1CC1(C)COC1CCN(C(=O)OC(C)(C)C)CC1. The van der Waals surface area contributed by atoms with Crippen molar-refractivity contribution in [2.45, 2.75) is 65.6 Å². The number of amides is 1. The first-order valence-electron chi connectivity index (χ1n) is 8.91. The molecule has 2 unspecified atom stereocenters. The van der Waals surface area contributed by atoms with Gasteiger partial charge in [-0.15, -0.1) is 0 Å². The zero-order chi connectivity index (χ0) is 18.0. The second-order valence-electron chi connectivity index (χ2n) is 8.14. The summed E-state index contributed by atoms with van der Waals surface area (Å²) in [4.78, 5) is 25.5. The molecule has 6 heteroatoms. The second kappa shape index (κ2) is 7.30. The summed E-state index contributed by atoms with van der Waals surface area (Å²) in [6.07, 6.45) is 2.34. The molecule has 6 nitrogen and oxygen atoms in total. The van der Waals surface area contributed by atoms with Crippen LogP contribution in [0, 0.1) is 11.3 Å². The Morgan fingerprint density at radius 3 is 2.38 bits per heavy atom. The highest BCUT2D eigenvalue weighted by Crippen LogP contribution is 2.53. The zero-order valence-electron chi connectivity index (χ0n) is 15.6. The van der Waals surface area contributed by atoms with E-state index >= 15 is 0 Å². The molecular formula is C18H31NO5. The maximum Gasteiger partial charge on any atom is 0.410 e. The van der Waals surface area contributed by atoms with Crippen molar-refractivity contribution >= 4 is 12.1 Å². The van der Waals surface area contributed by atoms with Crippen LogP contribution in [0.25, 0.3) is 0 Å². The van der Waals surface area contributed by atoms with Crippen molar-refractivity contribution in [2.24, 2.45) is 11.3 Å². The lowest BCUT2D eigenvalue weighted by molar-refractivity contribution is -0.146. The van der Waals surface area contributed by atoms with Gasteiger partial charge in [-0.05, 0) is 47.0 Å². The van der Waals surface area contributed by atoms with Gasteiger partial charge in [-0.25, -0.2) is 4.79 Å². The van der Waals surface area contributed by atoms with Crippen LogP contribution in [0.3, 0.4) is 0 Å². The number of likely N-dealkylation sites (tertiary alicyclic amines) is 1. The van der Waals surface area contributed by atoms with E-state index in [-0.39, 0.29) is 29.5 Å². The van der Waals surface area contributed by atoms with Crippen LogP contribution in [0.4, 0.5) is 4.79 Å². The fourth-order valence-electron chi connectivity index (χ4n) is 3.02. The van der Waals surface area contributed by atoms with Crippen LogP contribution in [0.5, 0.6) is 0 Å². The summed E-state index contributed by atoms with van der Waals surface area (Å²) >= 11 is 0. The van der Waals surface area contributed by atoms with E-state index in [0.717, 1.165) is 19.3 Å². The molecule has 0 N–H and O–H groups in total. The molecule has 1 aliphatic carbocycles. The summed E-state index contributed by atoms with van der Waals surface area (Å²) in [6.45, 7) is 11.8. The Hall–Kier alpha value is -1.30. The number of carbonyl (C=O) groups is 2. The molecule has 2 aliphatic rings. The first-order valence-corrected chi connectivity index (χ1v) is 8.91. The topological polar surface area (TPSA) is 65.1 Å². The molecule has 0 spiro atoms. The Morgan fingerprint density at radius 1 is 1.21 bits per heavy atom. The molecule has 24 heavy (non-hydrogen) atoms. The molecule has 1 saturated heterocycles. The van der Waals surface area contributed by atoms with E-state index in [1.165, 1.54) is 0 Å². The van der Waals surface area contributed by atoms with Crippen LogP contribution < -0.4 is 0 Å². The number of esters is 1. The van der Waals surface area contributed by atoms with E-state index in [4.69, 9.17) is 14.2 Å². The zero-order valence-corrected chi connectivity index (χ0v) is 15.6. The van der Waals surface area contributed by atoms with Gasteiger partial charge in [-0.1, -0.05) is 6.92 Å². The molecule has 2 rings (SSSR count). The first kappa shape index (κ1) is 19.0. The van der Waals surface area contributed by atoms with Crippen LogP contribution in [0.1, 0.15) is 53.9 Å². The highest BCUT2D eigenvalue weighted by molar-refractivity contribution is 5.76. The van der Waals surface area contributed by atoms with Gasteiger partial charge in [0, 0.05) is 18.5 Å². The van der Waals surface area contributed by atoms with Crippen molar-refractivity contribution in [3.8, 4) is 0 Å². The van der Waals surface area contributed by atoms with Gasteiger partial charge >= 0.3 is 12.1 Å². The van der Waals surface area contributed by atoms with Crippen molar-refractivity contribution in [3.63, 3.8) is 0 Å². The fraction of sp³-hybridized carbons (Fsp3) is 0.889. The third kappa shape index (κ3) is 5.10. The Kier molecular flexibility index (Phi) is 5.78. The minimum Gasteiger partial charge on any atom is -0.466 e. The summed E-state index contributed by atoms with van der Waals surface area (Å²) in [5.41, 5.74) is -0.554. The molecule has 2 fully saturated rings. The van der Waals surface area contributed by atoms with Crippen molar-refractivity contribution in [1.29, 1.82) is 0 Å². The van der Waals surface area contributed by atoms with Crippen LogP contribution in [0.2, 0.25) is 0 Å². The third-order valence-corrected chi connectivity index (χ3v) is 4.67. The highest BCUT2D eigenvalue weighted by Gasteiger charge is 2.56. The summed E-state index contributed by atoms with van der Waals surface area (Å²) in [7, 11) is 0. The number of hydrogen-bond donors (Lipinski definition) is 0. The second-order valence-corrected chi connectivity index (χ2v) is 8.14. The number of ether oxygens (including phenoxy) is 3. The van der Waals surface area contributed by atoms with E-state index in [0.29, 0.717) is 26.3 Å².